The molecule has 7 heteroatoms. The highest BCUT2D eigenvalue weighted by Gasteiger charge is 2.07. The number of benzene rings is 1. The standard InChI is InChI=1S/C13H14N4O3/c18-12(10-2-4-11(5-3-10)13(19)20)14-6-1-8-17-9-7-15-16-17/h2-5,7,9H,1,6,8H2,(H,14,18)(H,19,20). The van der Waals surface area contributed by atoms with E-state index in [-0.39, 0.29) is 11.5 Å². The predicted octanol–water partition coefficient (Wildman–Crippen LogP) is 0.796. The molecule has 0 atom stereocenters. The van der Waals surface area contributed by atoms with Gasteiger partial charge in [-0.2, -0.15) is 0 Å². The van der Waals surface area contributed by atoms with Crippen LogP contribution in [0.3, 0.4) is 0 Å². The fraction of sp³-hybridized carbons (Fsp3) is 0.231. The maximum absolute atomic E-state index is 11.8. The Kier molecular flexibility index (Phi) is 4.43. The summed E-state index contributed by atoms with van der Waals surface area (Å²) in [6, 6.07) is 5.81. The summed E-state index contributed by atoms with van der Waals surface area (Å²) in [5.41, 5.74) is 0.600. The van der Waals surface area contributed by atoms with Crippen molar-refractivity contribution in [2.45, 2.75) is 13.0 Å². The molecular weight excluding hydrogens is 260 g/mol. The van der Waals surface area contributed by atoms with Gasteiger partial charge >= 0.3 is 5.97 Å². The minimum Gasteiger partial charge on any atom is -0.478 e. The Morgan fingerprint density at radius 2 is 1.90 bits per heavy atom. The van der Waals surface area contributed by atoms with E-state index in [1.54, 1.807) is 17.1 Å². The molecule has 20 heavy (non-hydrogen) atoms. The molecule has 0 radical (unpaired) electrons. The average Bonchev–Trinajstić information content (AvgIpc) is 2.96. The zero-order chi connectivity index (χ0) is 14.4. The van der Waals surface area contributed by atoms with E-state index in [9.17, 15) is 9.59 Å². The maximum Gasteiger partial charge on any atom is 0.335 e. The van der Waals surface area contributed by atoms with Gasteiger partial charge in [0.2, 0.25) is 0 Å². The number of aryl methyl sites for hydroxylation is 1. The van der Waals surface area contributed by atoms with Crippen molar-refractivity contribution in [2.75, 3.05) is 6.54 Å². The number of nitrogens with one attached hydrogen (secondary N) is 1. The van der Waals surface area contributed by atoms with E-state index in [0.717, 1.165) is 6.42 Å². The van der Waals surface area contributed by atoms with Crippen LogP contribution in [0.5, 0.6) is 0 Å². The highest BCUT2D eigenvalue weighted by Crippen LogP contribution is 2.04. The Balaban J connectivity index is 1.78. The van der Waals surface area contributed by atoms with E-state index in [4.69, 9.17) is 5.11 Å². The molecule has 0 aliphatic carbocycles. The molecule has 0 fully saturated rings. The van der Waals surface area contributed by atoms with Gasteiger partial charge in [0.15, 0.2) is 0 Å². The van der Waals surface area contributed by atoms with Crippen molar-refractivity contribution in [1.29, 1.82) is 0 Å². The SMILES string of the molecule is O=C(O)c1ccc(C(=O)NCCCn2ccnn2)cc1. The molecule has 2 aromatic rings. The number of carbonyl (C=O) groups is 2. The first-order chi connectivity index (χ1) is 9.66. The van der Waals surface area contributed by atoms with Crippen molar-refractivity contribution < 1.29 is 14.7 Å². The monoisotopic (exact) mass is 274 g/mol. The third-order valence-electron chi connectivity index (χ3n) is 2.72. The molecule has 2 N–H and O–H groups in total. The van der Waals surface area contributed by atoms with Gasteiger partial charge < -0.3 is 10.4 Å². The van der Waals surface area contributed by atoms with Gasteiger partial charge in [-0.25, -0.2) is 4.79 Å². The summed E-state index contributed by atoms with van der Waals surface area (Å²) >= 11 is 0. The topological polar surface area (TPSA) is 97.1 Å². The van der Waals surface area contributed by atoms with Crippen molar-refractivity contribution in [3.63, 3.8) is 0 Å². The van der Waals surface area contributed by atoms with Crippen LogP contribution in [-0.4, -0.2) is 38.5 Å². The zero-order valence-electron chi connectivity index (χ0n) is 10.7. The fourth-order valence-electron chi connectivity index (χ4n) is 1.66. The molecule has 7 nitrogen and oxygen atoms in total. The minimum absolute atomic E-state index is 0.160. The molecule has 1 heterocycles. The van der Waals surface area contributed by atoms with Crippen LogP contribution in [0.1, 0.15) is 27.1 Å². The number of amides is 1. The summed E-state index contributed by atoms with van der Waals surface area (Å²) in [5.74, 6) is -1.23. The summed E-state index contributed by atoms with van der Waals surface area (Å²) < 4.78 is 1.69. The lowest BCUT2D eigenvalue weighted by molar-refractivity contribution is 0.0696. The second kappa shape index (κ2) is 6.46. The largest absolute Gasteiger partial charge is 0.478 e. The maximum atomic E-state index is 11.8. The Hall–Kier alpha value is -2.70. The number of aromatic carboxylic acids is 1. The van der Waals surface area contributed by atoms with Crippen LogP contribution in [-0.2, 0) is 6.54 Å². The number of hydrogen-bond acceptors (Lipinski definition) is 4. The second-order valence-electron chi connectivity index (χ2n) is 4.16. The third-order valence-corrected chi connectivity index (χ3v) is 2.72. The number of rotatable bonds is 6. The molecule has 1 amide bonds. The molecular formula is C13H14N4O3. The summed E-state index contributed by atoms with van der Waals surface area (Å²) in [6.45, 7) is 1.19. The van der Waals surface area contributed by atoms with Gasteiger partial charge in [0.25, 0.3) is 5.91 Å². The van der Waals surface area contributed by atoms with Crippen LogP contribution in [0.25, 0.3) is 0 Å². The molecule has 1 aromatic heterocycles. The summed E-state index contributed by atoms with van der Waals surface area (Å²) in [5, 5.41) is 19.0. The fourth-order valence-corrected chi connectivity index (χ4v) is 1.66. The van der Waals surface area contributed by atoms with Crippen molar-refractivity contribution >= 4 is 11.9 Å². The van der Waals surface area contributed by atoms with Crippen molar-refractivity contribution in [1.82, 2.24) is 20.3 Å². The lowest BCUT2D eigenvalue weighted by Crippen LogP contribution is -2.25. The average molecular weight is 274 g/mol. The first-order valence-electron chi connectivity index (χ1n) is 6.12. The number of aromatic nitrogens is 3. The van der Waals surface area contributed by atoms with Gasteiger partial charge in [0, 0.05) is 24.8 Å². The number of nitrogens with zero attached hydrogens (tertiary/aromatic N) is 3. The van der Waals surface area contributed by atoms with Crippen LogP contribution < -0.4 is 5.32 Å². The minimum atomic E-state index is -1.01. The predicted molar refractivity (Wildman–Crippen MR) is 70.4 cm³/mol. The first kappa shape index (κ1) is 13.7. The molecule has 0 unspecified atom stereocenters. The van der Waals surface area contributed by atoms with E-state index in [1.807, 2.05) is 0 Å². The molecule has 0 aliphatic heterocycles. The third kappa shape index (κ3) is 3.64. The van der Waals surface area contributed by atoms with Crippen LogP contribution in [0.15, 0.2) is 36.7 Å². The Morgan fingerprint density at radius 3 is 2.50 bits per heavy atom. The quantitative estimate of drug-likeness (QED) is 0.759. The van der Waals surface area contributed by atoms with Crippen LogP contribution in [0.4, 0.5) is 0 Å². The van der Waals surface area contributed by atoms with Gasteiger partial charge in [-0.05, 0) is 30.7 Å². The highest BCUT2D eigenvalue weighted by molar-refractivity contribution is 5.95. The van der Waals surface area contributed by atoms with Gasteiger partial charge in [-0.1, -0.05) is 5.21 Å². The van der Waals surface area contributed by atoms with E-state index in [0.29, 0.717) is 18.7 Å². The number of carboxylic acid groups (broad SMARTS) is 1. The Morgan fingerprint density at radius 1 is 1.20 bits per heavy atom. The zero-order valence-corrected chi connectivity index (χ0v) is 10.7. The summed E-state index contributed by atoms with van der Waals surface area (Å²) in [4.78, 5) is 22.5. The molecule has 104 valence electrons. The smallest absolute Gasteiger partial charge is 0.335 e. The summed E-state index contributed by atoms with van der Waals surface area (Å²) in [6.07, 6.45) is 4.09. The van der Waals surface area contributed by atoms with Crippen LogP contribution in [0.2, 0.25) is 0 Å². The molecule has 2 rings (SSSR count). The lowest BCUT2D eigenvalue weighted by Gasteiger charge is -2.05. The summed E-state index contributed by atoms with van der Waals surface area (Å²) in [7, 11) is 0. The van der Waals surface area contributed by atoms with Gasteiger partial charge in [0.1, 0.15) is 0 Å². The van der Waals surface area contributed by atoms with Crippen LogP contribution in [0, 0.1) is 0 Å². The number of carbonyl (C=O) groups excluding carboxylic acids is 1. The van der Waals surface area contributed by atoms with Gasteiger partial charge in [-0.3, -0.25) is 9.48 Å². The van der Waals surface area contributed by atoms with Crippen molar-refractivity contribution in [3.8, 4) is 0 Å². The second-order valence-corrected chi connectivity index (χ2v) is 4.16. The van der Waals surface area contributed by atoms with E-state index >= 15 is 0 Å². The molecule has 0 bridgehead atoms. The normalized spacial score (nSPS) is 10.2. The van der Waals surface area contributed by atoms with Gasteiger partial charge in [0.05, 0.1) is 11.8 Å². The molecule has 1 aromatic carbocycles. The number of carboxylic acids is 1. The van der Waals surface area contributed by atoms with E-state index in [1.165, 1.54) is 24.3 Å². The lowest BCUT2D eigenvalue weighted by atomic mass is 10.1. The van der Waals surface area contributed by atoms with Gasteiger partial charge in [-0.15, -0.1) is 5.10 Å². The molecule has 0 saturated heterocycles. The molecule has 0 saturated carbocycles. The van der Waals surface area contributed by atoms with E-state index < -0.39 is 5.97 Å². The van der Waals surface area contributed by atoms with Crippen molar-refractivity contribution in [2.24, 2.45) is 0 Å². The Labute approximate surface area is 115 Å². The van der Waals surface area contributed by atoms with E-state index in [2.05, 4.69) is 15.6 Å². The first-order valence-corrected chi connectivity index (χ1v) is 6.12. The number of hydrogen-bond donors (Lipinski definition) is 2. The molecule has 0 aliphatic rings. The highest BCUT2D eigenvalue weighted by atomic mass is 16.4. The Bertz CT molecular complexity index is 578. The van der Waals surface area contributed by atoms with Crippen molar-refractivity contribution in [3.05, 3.63) is 47.8 Å². The van der Waals surface area contributed by atoms with Crippen LogP contribution >= 0.6 is 0 Å². The molecule has 0 spiro atoms.